The van der Waals surface area contributed by atoms with Gasteiger partial charge in [-0.25, -0.2) is 0 Å². The highest BCUT2D eigenvalue weighted by Crippen LogP contribution is 2.20. The zero-order valence-corrected chi connectivity index (χ0v) is 11.0. The van der Waals surface area contributed by atoms with E-state index in [0.29, 0.717) is 6.54 Å². The van der Waals surface area contributed by atoms with E-state index < -0.39 is 0 Å². The molecule has 0 aromatic heterocycles. The summed E-state index contributed by atoms with van der Waals surface area (Å²) in [5.74, 6) is -0.0178. The van der Waals surface area contributed by atoms with Gasteiger partial charge in [-0.15, -0.1) is 0 Å². The van der Waals surface area contributed by atoms with Gasteiger partial charge in [0, 0.05) is 32.7 Å². The number of nitrogens with zero attached hydrogens (tertiary/aromatic N) is 3. The van der Waals surface area contributed by atoms with Crippen molar-refractivity contribution in [1.82, 2.24) is 14.7 Å². The second-order valence-corrected chi connectivity index (χ2v) is 5.02. The number of piperazine rings is 1. The van der Waals surface area contributed by atoms with Crippen LogP contribution in [0.1, 0.15) is 12.8 Å². The summed E-state index contributed by atoms with van der Waals surface area (Å²) in [5, 5.41) is 0. The van der Waals surface area contributed by atoms with Crippen LogP contribution in [0.5, 0.6) is 0 Å². The lowest BCUT2D eigenvalue weighted by Gasteiger charge is -2.35. The Morgan fingerprint density at radius 1 is 1.17 bits per heavy atom. The minimum atomic E-state index is -0.265. The van der Waals surface area contributed by atoms with Gasteiger partial charge < -0.3 is 14.7 Å². The van der Waals surface area contributed by atoms with Gasteiger partial charge in [0.15, 0.2) is 0 Å². The maximum Gasteiger partial charge on any atom is 0.246 e. The van der Waals surface area contributed by atoms with E-state index in [4.69, 9.17) is 0 Å². The lowest BCUT2D eigenvalue weighted by molar-refractivity contribution is -0.142. The molecule has 0 radical (unpaired) electrons. The number of rotatable bonds is 2. The van der Waals surface area contributed by atoms with E-state index in [1.54, 1.807) is 4.90 Å². The minimum absolute atomic E-state index is 0.107. The summed E-state index contributed by atoms with van der Waals surface area (Å²) in [5.41, 5.74) is 0. The third-order valence-electron chi connectivity index (χ3n) is 3.81. The van der Waals surface area contributed by atoms with E-state index in [0.717, 1.165) is 39.0 Å². The van der Waals surface area contributed by atoms with Crippen molar-refractivity contribution >= 4 is 11.8 Å². The number of likely N-dealkylation sites (tertiary alicyclic amines) is 1. The van der Waals surface area contributed by atoms with E-state index in [1.807, 2.05) is 4.90 Å². The first-order valence-corrected chi connectivity index (χ1v) is 6.54. The molecule has 0 bridgehead atoms. The van der Waals surface area contributed by atoms with Gasteiger partial charge in [-0.1, -0.05) is 6.58 Å². The molecule has 2 rings (SSSR count). The Kier molecular flexibility index (Phi) is 4.01. The van der Waals surface area contributed by atoms with Crippen LogP contribution in [0.15, 0.2) is 12.7 Å². The molecule has 5 nitrogen and oxygen atoms in total. The molecule has 0 N–H and O–H groups in total. The van der Waals surface area contributed by atoms with Crippen LogP contribution in [0.25, 0.3) is 0 Å². The Morgan fingerprint density at radius 3 is 2.44 bits per heavy atom. The van der Waals surface area contributed by atoms with Crippen molar-refractivity contribution in [2.75, 3.05) is 39.8 Å². The molecule has 100 valence electrons. The van der Waals surface area contributed by atoms with Crippen molar-refractivity contribution in [2.45, 2.75) is 18.9 Å². The molecule has 2 aliphatic rings. The molecule has 0 aromatic rings. The van der Waals surface area contributed by atoms with Crippen molar-refractivity contribution in [3.05, 3.63) is 12.7 Å². The van der Waals surface area contributed by atoms with Crippen LogP contribution in [0.2, 0.25) is 0 Å². The quantitative estimate of drug-likeness (QED) is 0.646. The Hall–Kier alpha value is -1.36. The standard InChI is InChI=1S/C13H21N3O2/c1-3-12(17)16-6-4-5-11(16)13(18)15-9-7-14(2)8-10-15/h3,11H,1,4-10H2,2H3. The predicted octanol–water partition coefficient (Wildman–Crippen LogP) is -0.0626. The van der Waals surface area contributed by atoms with Crippen LogP contribution >= 0.6 is 0 Å². The van der Waals surface area contributed by atoms with Crippen molar-refractivity contribution < 1.29 is 9.59 Å². The van der Waals surface area contributed by atoms with Crippen LogP contribution in [0.4, 0.5) is 0 Å². The molecule has 0 spiro atoms. The predicted molar refractivity (Wildman–Crippen MR) is 69.0 cm³/mol. The number of carbonyl (C=O) groups is 2. The maximum absolute atomic E-state index is 12.4. The molecule has 2 saturated heterocycles. The molecule has 0 aromatic carbocycles. The maximum atomic E-state index is 12.4. The lowest BCUT2D eigenvalue weighted by Crippen LogP contribution is -2.53. The van der Waals surface area contributed by atoms with Crippen LogP contribution < -0.4 is 0 Å². The fourth-order valence-electron chi connectivity index (χ4n) is 2.64. The first-order valence-electron chi connectivity index (χ1n) is 6.54. The molecule has 5 heteroatoms. The van der Waals surface area contributed by atoms with Gasteiger partial charge in [-0.2, -0.15) is 0 Å². The smallest absolute Gasteiger partial charge is 0.246 e. The summed E-state index contributed by atoms with van der Waals surface area (Å²) in [6.45, 7) is 7.53. The summed E-state index contributed by atoms with van der Waals surface area (Å²) in [4.78, 5) is 29.9. The average molecular weight is 251 g/mol. The van der Waals surface area contributed by atoms with Gasteiger partial charge in [0.2, 0.25) is 11.8 Å². The van der Waals surface area contributed by atoms with Crippen LogP contribution in [-0.2, 0) is 9.59 Å². The second kappa shape index (κ2) is 5.52. The van der Waals surface area contributed by atoms with Gasteiger partial charge in [-0.05, 0) is 26.0 Å². The van der Waals surface area contributed by atoms with Crippen LogP contribution in [-0.4, -0.2) is 72.3 Å². The van der Waals surface area contributed by atoms with Gasteiger partial charge >= 0.3 is 0 Å². The monoisotopic (exact) mass is 251 g/mol. The van der Waals surface area contributed by atoms with Crippen molar-refractivity contribution in [2.24, 2.45) is 0 Å². The Morgan fingerprint density at radius 2 is 1.83 bits per heavy atom. The van der Waals surface area contributed by atoms with Crippen LogP contribution in [0.3, 0.4) is 0 Å². The van der Waals surface area contributed by atoms with E-state index in [2.05, 4.69) is 18.5 Å². The molecule has 2 heterocycles. The number of hydrogen-bond donors (Lipinski definition) is 0. The van der Waals surface area contributed by atoms with Gasteiger partial charge in [0.25, 0.3) is 0 Å². The highest BCUT2D eigenvalue weighted by Gasteiger charge is 2.36. The van der Waals surface area contributed by atoms with Gasteiger partial charge in [0.05, 0.1) is 0 Å². The zero-order chi connectivity index (χ0) is 13.1. The fraction of sp³-hybridized carbons (Fsp3) is 0.692. The van der Waals surface area contributed by atoms with E-state index in [1.165, 1.54) is 6.08 Å². The number of hydrogen-bond acceptors (Lipinski definition) is 3. The van der Waals surface area contributed by atoms with E-state index in [-0.39, 0.29) is 17.9 Å². The van der Waals surface area contributed by atoms with E-state index >= 15 is 0 Å². The Balaban J connectivity index is 1.99. The molecule has 1 unspecified atom stereocenters. The Labute approximate surface area is 108 Å². The topological polar surface area (TPSA) is 43.9 Å². The van der Waals surface area contributed by atoms with Crippen molar-refractivity contribution in [1.29, 1.82) is 0 Å². The zero-order valence-electron chi connectivity index (χ0n) is 11.0. The highest BCUT2D eigenvalue weighted by atomic mass is 16.2. The summed E-state index contributed by atoms with van der Waals surface area (Å²) >= 11 is 0. The molecular formula is C13H21N3O2. The number of carbonyl (C=O) groups excluding carboxylic acids is 2. The number of amides is 2. The molecule has 2 aliphatic heterocycles. The normalized spacial score (nSPS) is 25.3. The molecule has 2 fully saturated rings. The molecule has 0 aliphatic carbocycles. The first-order chi connectivity index (χ1) is 8.63. The third-order valence-corrected chi connectivity index (χ3v) is 3.81. The van der Waals surface area contributed by atoms with Crippen LogP contribution in [0, 0.1) is 0 Å². The highest BCUT2D eigenvalue weighted by molar-refractivity contribution is 5.93. The first kappa shape index (κ1) is 13.1. The molecular weight excluding hydrogens is 230 g/mol. The number of likely N-dealkylation sites (N-methyl/N-ethyl adjacent to an activating group) is 1. The average Bonchev–Trinajstić information content (AvgIpc) is 2.87. The van der Waals surface area contributed by atoms with E-state index in [9.17, 15) is 9.59 Å². The SMILES string of the molecule is C=CC(=O)N1CCCC1C(=O)N1CCN(C)CC1. The fourth-order valence-corrected chi connectivity index (χ4v) is 2.64. The second-order valence-electron chi connectivity index (χ2n) is 5.02. The largest absolute Gasteiger partial charge is 0.338 e. The van der Waals surface area contributed by atoms with Crippen molar-refractivity contribution in [3.63, 3.8) is 0 Å². The summed E-state index contributed by atoms with van der Waals surface area (Å²) in [6, 6.07) is -0.265. The van der Waals surface area contributed by atoms with Gasteiger partial charge in [0.1, 0.15) is 6.04 Å². The Bertz CT molecular complexity index is 348. The summed E-state index contributed by atoms with van der Waals surface area (Å²) < 4.78 is 0. The lowest BCUT2D eigenvalue weighted by atomic mass is 10.1. The summed E-state index contributed by atoms with van der Waals surface area (Å²) in [7, 11) is 2.06. The molecule has 0 saturated carbocycles. The molecule has 2 amide bonds. The van der Waals surface area contributed by atoms with Gasteiger partial charge in [-0.3, -0.25) is 9.59 Å². The molecule has 18 heavy (non-hydrogen) atoms. The minimum Gasteiger partial charge on any atom is -0.338 e. The third kappa shape index (κ3) is 2.56. The summed E-state index contributed by atoms with van der Waals surface area (Å²) in [6.07, 6.45) is 2.99. The molecule has 1 atom stereocenters. The van der Waals surface area contributed by atoms with Crippen molar-refractivity contribution in [3.8, 4) is 0 Å².